The second kappa shape index (κ2) is 6.33. The lowest BCUT2D eigenvalue weighted by molar-refractivity contribution is 0.0902. The van der Waals surface area contributed by atoms with Crippen molar-refractivity contribution < 1.29 is 18.9 Å². The number of hydrogen-bond acceptors (Lipinski definition) is 5. The van der Waals surface area contributed by atoms with Crippen molar-refractivity contribution in [3.05, 3.63) is 17.7 Å². The first kappa shape index (κ1) is 13.5. The highest BCUT2D eigenvalue weighted by Gasteiger charge is 2.19. The molecule has 110 valence electrons. The van der Waals surface area contributed by atoms with Crippen molar-refractivity contribution >= 4 is 0 Å². The summed E-state index contributed by atoms with van der Waals surface area (Å²) in [5.74, 6) is 2.37. The number of hydrogen-bond donors (Lipinski definition) is 1. The summed E-state index contributed by atoms with van der Waals surface area (Å²) in [6.45, 7) is 2.40. The van der Waals surface area contributed by atoms with Gasteiger partial charge in [0.05, 0.1) is 12.7 Å². The minimum absolute atomic E-state index is 0.275. The van der Waals surface area contributed by atoms with E-state index in [1.165, 1.54) is 0 Å². The van der Waals surface area contributed by atoms with Crippen molar-refractivity contribution in [1.82, 2.24) is 0 Å². The Bertz CT molecular complexity index is 457. The van der Waals surface area contributed by atoms with E-state index in [1.807, 2.05) is 12.1 Å². The van der Waals surface area contributed by atoms with Gasteiger partial charge in [-0.1, -0.05) is 0 Å². The summed E-state index contributed by atoms with van der Waals surface area (Å²) in [5.41, 5.74) is 6.73. The number of benzene rings is 1. The highest BCUT2D eigenvalue weighted by molar-refractivity contribution is 5.52. The maximum absolute atomic E-state index is 5.91. The van der Waals surface area contributed by atoms with Gasteiger partial charge in [-0.2, -0.15) is 0 Å². The molecular weight excluding hydrogens is 258 g/mol. The van der Waals surface area contributed by atoms with Gasteiger partial charge in [-0.05, 0) is 37.4 Å². The van der Waals surface area contributed by atoms with Gasteiger partial charge in [0, 0.05) is 19.1 Å². The van der Waals surface area contributed by atoms with Crippen LogP contribution in [0.3, 0.4) is 0 Å². The molecule has 2 N–H and O–H groups in total. The Morgan fingerprint density at radius 1 is 1.25 bits per heavy atom. The third-order valence-electron chi connectivity index (χ3n) is 3.69. The Labute approximate surface area is 118 Å². The summed E-state index contributed by atoms with van der Waals surface area (Å²) < 4.78 is 22.3. The Kier molecular flexibility index (Phi) is 4.28. The van der Waals surface area contributed by atoms with Crippen molar-refractivity contribution in [3.8, 4) is 17.2 Å². The van der Waals surface area contributed by atoms with Crippen LogP contribution in [-0.2, 0) is 11.2 Å². The van der Waals surface area contributed by atoms with Gasteiger partial charge in [0.2, 0.25) is 6.79 Å². The van der Waals surface area contributed by atoms with Gasteiger partial charge in [-0.15, -0.1) is 0 Å². The Morgan fingerprint density at radius 2 is 2.10 bits per heavy atom. The second-order valence-corrected chi connectivity index (χ2v) is 5.12. The van der Waals surface area contributed by atoms with Crippen LogP contribution < -0.4 is 19.9 Å². The summed E-state index contributed by atoms with van der Waals surface area (Å²) in [6.07, 6.45) is 4.34. The zero-order valence-electron chi connectivity index (χ0n) is 11.6. The van der Waals surface area contributed by atoms with Gasteiger partial charge in [0.15, 0.2) is 11.5 Å². The Hall–Kier alpha value is -1.46. The fraction of sp³-hybridized carbons (Fsp3) is 0.600. The van der Waals surface area contributed by atoms with Gasteiger partial charge < -0.3 is 24.7 Å². The average molecular weight is 279 g/mol. The van der Waals surface area contributed by atoms with E-state index < -0.39 is 0 Å². The molecule has 2 aliphatic rings. The van der Waals surface area contributed by atoms with Crippen molar-refractivity contribution in [2.24, 2.45) is 5.73 Å². The van der Waals surface area contributed by atoms with Gasteiger partial charge in [0.25, 0.3) is 0 Å². The maximum Gasteiger partial charge on any atom is 0.231 e. The molecule has 1 atom stereocenters. The molecule has 1 aromatic carbocycles. The topological polar surface area (TPSA) is 62.9 Å². The molecule has 0 radical (unpaired) electrons. The highest BCUT2D eigenvalue weighted by atomic mass is 16.7. The van der Waals surface area contributed by atoms with Gasteiger partial charge in [-0.25, -0.2) is 0 Å². The first-order valence-electron chi connectivity index (χ1n) is 7.24. The quantitative estimate of drug-likeness (QED) is 0.861. The lowest BCUT2D eigenvalue weighted by atomic mass is 10.1. The largest absolute Gasteiger partial charge is 0.493 e. The van der Waals surface area contributed by atoms with Crippen molar-refractivity contribution in [3.63, 3.8) is 0 Å². The lowest BCUT2D eigenvalue weighted by Gasteiger charge is -2.14. The molecule has 20 heavy (non-hydrogen) atoms. The first-order chi connectivity index (χ1) is 9.86. The molecular formula is C15H21NO4. The molecule has 1 fully saturated rings. The fourth-order valence-electron chi connectivity index (χ4n) is 2.62. The Balaban J connectivity index is 1.64. The molecule has 0 amide bonds. The zero-order valence-corrected chi connectivity index (χ0v) is 11.6. The van der Waals surface area contributed by atoms with E-state index in [0.717, 1.165) is 55.1 Å². The van der Waals surface area contributed by atoms with E-state index in [2.05, 4.69) is 0 Å². The van der Waals surface area contributed by atoms with Gasteiger partial charge >= 0.3 is 0 Å². The van der Waals surface area contributed by atoms with E-state index in [-0.39, 0.29) is 6.79 Å². The lowest BCUT2D eigenvalue weighted by Crippen LogP contribution is -2.12. The van der Waals surface area contributed by atoms with Crippen LogP contribution >= 0.6 is 0 Å². The number of nitrogens with two attached hydrogens (primary N) is 1. The third kappa shape index (κ3) is 2.99. The van der Waals surface area contributed by atoms with E-state index in [1.54, 1.807) is 0 Å². The first-order valence-corrected chi connectivity index (χ1v) is 7.24. The molecule has 0 bridgehead atoms. The van der Waals surface area contributed by atoms with E-state index in [0.29, 0.717) is 19.3 Å². The van der Waals surface area contributed by atoms with Crippen LogP contribution in [0.5, 0.6) is 17.2 Å². The molecule has 1 saturated heterocycles. The number of ether oxygens (including phenoxy) is 4. The molecule has 1 aromatic rings. The summed E-state index contributed by atoms with van der Waals surface area (Å²) in [7, 11) is 0. The van der Waals surface area contributed by atoms with Crippen molar-refractivity contribution in [2.75, 3.05) is 26.6 Å². The molecule has 0 spiro atoms. The second-order valence-electron chi connectivity index (χ2n) is 5.12. The summed E-state index contributed by atoms with van der Waals surface area (Å²) >= 11 is 0. The fourth-order valence-corrected chi connectivity index (χ4v) is 2.62. The SMILES string of the molecule is NCCc1cc2c(cc1OCCC1CCCO1)OCO2. The monoisotopic (exact) mass is 279 g/mol. The summed E-state index contributed by atoms with van der Waals surface area (Å²) in [5, 5.41) is 0. The predicted octanol–water partition coefficient (Wildman–Crippen LogP) is 1.86. The molecule has 0 saturated carbocycles. The minimum Gasteiger partial charge on any atom is -0.493 e. The smallest absolute Gasteiger partial charge is 0.231 e. The van der Waals surface area contributed by atoms with E-state index in [9.17, 15) is 0 Å². The van der Waals surface area contributed by atoms with Crippen molar-refractivity contribution in [2.45, 2.75) is 31.8 Å². The molecule has 0 aromatic heterocycles. The normalized spacial score (nSPS) is 20.4. The highest BCUT2D eigenvalue weighted by Crippen LogP contribution is 2.38. The third-order valence-corrected chi connectivity index (χ3v) is 3.69. The van der Waals surface area contributed by atoms with Crippen LogP contribution in [0.15, 0.2) is 12.1 Å². The molecule has 2 aliphatic heterocycles. The average Bonchev–Trinajstić information content (AvgIpc) is 3.10. The van der Waals surface area contributed by atoms with Gasteiger partial charge in [-0.3, -0.25) is 0 Å². The molecule has 2 heterocycles. The van der Waals surface area contributed by atoms with Crippen LogP contribution in [0.2, 0.25) is 0 Å². The summed E-state index contributed by atoms with van der Waals surface area (Å²) in [4.78, 5) is 0. The minimum atomic E-state index is 0.275. The van der Waals surface area contributed by atoms with E-state index in [4.69, 9.17) is 24.7 Å². The predicted molar refractivity (Wildman–Crippen MR) is 74.4 cm³/mol. The van der Waals surface area contributed by atoms with Crippen molar-refractivity contribution in [1.29, 1.82) is 0 Å². The number of rotatable bonds is 6. The maximum atomic E-state index is 5.91. The van der Waals surface area contributed by atoms with Crippen LogP contribution in [0.4, 0.5) is 0 Å². The van der Waals surface area contributed by atoms with Crippen LogP contribution in [0, 0.1) is 0 Å². The number of fused-ring (bicyclic) bond motifs is 1. The standard InChI is InChI=1S/C15H21NO4/c16-5-3-11-8-14-15(20-10-19-14)9-13(11)18-7-4-12-2-1-6-17-12/h8-9,12H,1-7,10,16H2. The van der Waals surface area contributed by atoms with Gasteiger partial charge in [0.1, 0.15) is 5.75 Å². The van der Waals surface area contributed by atoms with Crippen LogP contribution in [0.1, 0.15) is 24.8 Å². The van der Waals surface area contributed by atoms with Crippen LogP contribution in [-0.4, -0.2) is 32.7 Å². The molecule has 5 nitrogen and oxygen atoms in total. The molecule has 3 rings (SSSR count). The zero-order chi connectivity index (χ0) is 13.8. The van der Waals surface area contributed by atoms with E-state index >= 15 is 0 Å². The molecule has 0 aliphatic carbocycles. The Morgan fingerprint density at radius 3 is 2.85 bits per heavy atom. The summed E-state index contributed by atoms with van der Waals surface area (Å²) in [6, 6.07) is 3.87. The molecule has 5 heteroatoms. The van der Waals surface area contributed by atoms with Crippen LogP contribution in [0.25, 0.3) is 0 Å². The molecule has 1 unspecified atom stereocenters.